The molecule has 0 aromatic heterocycles. The summed E-state index contributed by atoms with van der Waals surface area (Å²) in [5.74, 6) is -0.682. The second kappa shape index (κ2) is 9.29. The number of para-hydroxylation sites is 1. The van der Waals surface area contributed by atoms with E-state index in [0.29, 0.717) is 10.7 Å². The number of anilines is 2. The van der Waals surface area contributed by atoms with Crippen molar-refractivity contribution < 1.29 is 18.0 Å². The maximum atomic E-state index is 12.6. The highest BCUT2D eigenvalue weighted by atomic mass is 35.5. The summed E-state index contributed by atoms with van der Waals surface area (Å²) in [6.45, 7) is 0. The van der Waals surface area contributed by atoms with Gasteiger partial charge in [-0.3, -0.25) is 14.9 Å². The molecule has 0 saturated heterocycles. The predicted molar refractivity (Wildman–Crippen MR) is 115 cm³/mol. The standard InChI is InChI=1S/C20H17ClN4O4S/c21-15-7-5-10-17(13-15)25-30(28,29)18-11-4-6-14(12-18)19(26)23-24-20(27)22-16-8-2-1-3-9-16/h1-13,25H,(H,23,26)(H2,22,24,27). The van der Waals surface area contributed by atoms with Crippen LogP contribution < -0.4 is 20.9 Å². The summed E-state index contributed by atoms with van der Waals surface area (Å²) >= 11 is 5.87. The Morgan fingerprint density at radius 3 is 2.20 bits per heavy atom. The minimum absolute atomic E-state index is 0.0454. The number of benzene rings is 3. The van der Waals surface area contributed by atoms with E-state index in [4.69, 9.17) is 11.6 Å². The molecule has 0 radical (unpaired) electrons. The number of rotatable bonds is 5. The normalized spacial score (nSPS) is 10.7. The van der Waals surface area contributed by atoms with Gasteiger partial charge in [0.25, 0.3) is 15.9 Å². The van der Waals surface area contributed by atoms with Crippen molar-refractivity contribution in [3.8, 4) is 0 Å². The van der Waals surface area contributed by atoms with Gasteiger partial charge in [0.15, 0.2) is 0 Å². The number of nitrogens with one attached hydrogen (secondary N) is 4. The first-order chi connectivity index (χ1) is 14.3. The zero-order valence-electron chi connectivity index (χ0n) is 15.4. The molecule has 4 N–H and O–H groups in total. The Labute approximate surface area is 178 Å². The van der Waals surface area contributed by atoms with Crippen molar-refractivity contribution in [1.82, 2.24) is 10.9 Å². The molecule has 0 bridgehead atoms. The Morgan fingerprint density at radius 2 is 1.47 bits per heavy atom. The molecule has 8 nitrogen and oxygen atoms in total. The van der Waals surface area contributed by atoms with Crippen molar-refractivity contribution in [3.05, 3.63) is 89.4 Å². The average molecular weight is 445 g/mol. The first-order valence-electron chi connectivity index (χ1n) is 8.64. The summed E-state index contributed by atoms with van der Waals surface area (Å²) in [7, 11) is -3.95. The highest BCUT2D eigenvalue weighted by Crippen LogP contribution is 2.20. The van der Waals surface area contributed by atoms with Crippen LogP contribution in [-0.2, 0) is 10.0 Å². The minimum atomic E-state index is -3.95. The van der Waals surface area contributed by atoms with E-state index in [0.717, 1.165) is 0 Å². The zero-order valence-corrected chi connectivity index (χ0v) is 17.0. The number of amides is 3. The largest absolute Gasteiger partial charge is 0.337 e. The minimum Gasteiger partial charge on any atom is -0.307 e. The van der Waals surface area contributed by atoms with Gasteiger partial charge >= 0.3 is 6.03 Å². The van der Waals surface area contributed by atoms with Crippen molar-refractivity contribution in [1.29, 1.82) is 0 Å². The second-order valence-corrected chi connectivity index (χ2v) is 8.16. The molecule has 3 amide bonds. The van der Waals surface area contributed by atoms with Gasteiger partial charge in [-0.05, 0) is 48.5 Å². The Kier molecular flexibility index (Phi) is 6.55. The van der Waals surface area contributed by atoms with Gasteiger partial charge in [0.2, 0.25) is 0 Å². The number of carbonyl (C=O) groups is 2. The molecule has 3 aromatic rings. The van der Waals surface area contributed by atoms with E-state index in [1.807, 2.05) is 0 Å². The third-order valence-corrected chi connectivity index (χ3v) is 5.42. The molecule has 10 heteroatoms. The fraction of sp³-hybridized carbons (Fsp3) is 0. The maximum absolute atomic E-state index is 12.6. The molecule has 30 heavy (non-hydrogen) atoms. The van der Waals surface area contributed by atoms with Gasteiger partial charge in [0.1, 0.15) is 0 Å². The lowest BCUT2D eigenvalue weighted by Crippen LogP contribution is -2.43. The molecule has 3 rings (SSSR count). The molecular weight excluding hydrogens is 428 g/mol. The second-order valence-electron chi connectivity index (χ2n) is 6.04. The third-order valence-electron chi connectivity index (χ3n) is 3.80. The topological polar surface area (TPSA) is 116 Å². The quantitative estimate of drug-likeness (QED) is 0.450. The van der Waals surface area contributed by atoms with E-state index in [2.05, 4.69) is 20.9 Å². The molecule has 0 heterocycles. The van der Waals surface area contributed by atoms with Crippen LogP contribution in [0.15, 0.2) is 83.8 Å². The average Bonchev–Trinajstić information content (AvgIpc) is 2.72. The van der Waals surface area contributed by atoms with E-state index < -0.39 is 22.0 Å². The van der Waals surface area contributed by atoms with Crippen LogP contribution in [0, 0.1) is 0 Å². The Morgan fingerprint density at radius 1 is 0.767 bits per heavy atom. The van der Waals surface area contributed by atoms with Crippen molar-refractivity contribution in [2.75, 3.05) is 10.0 Å². The van der Waals surface area contributed by atoms with Crippen LogP contribution in [0.3, 0.4) is 0 Å². The predicted octanol–water partition coefficient (Wildman–Crippen LogP) is 3.61. The van der Waals surface area contributed by atoms with Crippen molar-refractivity contribution in [2.24, 2.45) is 0 Å². The number of sulfonamides is 1. The van der Waals surface area contributed by atoms with Crippen LogP contribution in [0.4, 0.5) is 16.2 Å². The van der Waals surface area contributed by atoms with Crippen LogP contribution in [0.25, 0.3) is 0 Å². The molecular formula is C20H17ClN4O4S. The highest BCUT2D eigenvalue weighted by Gasteiger charge is 2.17. The van der Waals surface area contributed by atoms with Crippen LogP contribution in [0.2, 0.25) is 5.02 Å². The molecule has 0 aliphatic heterocycles. The summed E-state index contributed by atoms with van der Waals surface area (Å²) < 4.78 is 27.6. The van der Waals surface area contributed by atoms with Crippen molar-refractivity contribution in [2.45, 2.75) is 4.90 Å². The number of carbonyl (C=O) groups excluding carboxylic acids is 2. The molecule has 0 fully saturated rings. The summed E-state index contributed by atoms with van der Waals surface area (Å²) in [6, 6.07) is 19.6. The zero-order chi connectivity index (χ0) is 21.6. The third kappa shape index (κ3) is 5.72. The Balaban J connectivity index is 1.65. The van der Waals surface area contributed by atoms with Gasteiger partial charge in [0.05, 0.1) is 10.6 Å². The molecule has 0 aliphatic carbocycles. The number of halogens is 1. The van der Waals surface area contributed by atoms with Crippen molar-refractivity contribution in [3.63, 3.8) is 0 Å². The lowest BCUT2D eigenvalue weighted by atomic mass is 10.2. The van der Waals surface area contributed by atoms with Gasteiger partial charge in [-0.15, -0.1) is 0 Å². The Hall–Kier alpha value is -3.56. The number of hydrogen-bond acceptors (Lipinski definition) is 4. The number of hydrogen-bond donors (Lipinski definition) is 4. The van der Waals surface area contributed by atoms with Crippen LogP contribution >= 0.6 is 11.6 Å². The fourth-order valence-electron chi connectivity index (χ4n) is 2.44. The number of urea groups is 1. The first kappa shape index (κ1) is 21.2. The highest BCUT2D eigenvalue weighted by molar-refractivity contribution is 7.92. The van der Waals surface area contributed by atoms with Crippen LogP contribution in [0.5, 0.6) is 0 Å². The van der Waals surface area contributed by atoms with E-state index in [1.165, 1.54) is 30.3 Å². The van der Waals surface area contributed by atoms with E-state index in [-0.39, 0.29) is 16.1 Å². The molecule has 0 aliphatic rings. The van der Waals surface area contributed by atoms with E-state index in [9.17, 15) is 18.0 Å². The van der Waals surface area contributed by atoms with Crippen molar-refractivity contribution >= 4 is 44.9 Å². The van der Waals surface area contributed by atoms with Crippen LogP contribution in [-0.4, -0.2) is 20.4 Å². The fourth-order valence-corrected chi connectivity index (χ4v) is 3.73. The summed E-state index contributed by atoms with van der Waals surface area (Å²) in [5.41, 5.74) is 5.31. The van der Waals surface area contributed by atoms with E-state index in [1.54, 1.807) is 48.5 Å². The molecule has 0 unspecified atom stereocenters. The monoisotopic (exact) mass is 444 g/mol. The molecule has 154 valence electrons. The van der Waals surface area contributed by atoms with Gasteiger partial charge in [0, 0.05) is 16.3 Å². The molecule has 0 spiro atoms. The van der Waals surface area contributed by atoms with Gasteiger partial charge in [-0.2, -0.15) is 0 Å². The lowest BCUT2D eigenvalue weighted by molar-refractivity contribution is 0.0937. The van der Waals surface area contributed by atoms with Gasteiger partial charge in [-0.1, -0.05) is 41.9 Å². The molecule has 0 atom stereocenters. The lowest BCUT2D eigenvalue weighted by Gasteiger charge is -2.11. The summed E-state index contributed by atoms with van der Waals surface area (Å²) in [6.07, 6.45) is 0. The summed E-state index contributed by atoms with van der Waals surface area (Å²) in [5, 5.41) is 2.91. The number of hydrazine groups is 1. The maximum Gasteiger partial charge on any atom is 0.337 e. The summed E-state index contributed by atoms with van der Waals surface area (Å²) in [4.78, 5) is 24.0. The first-order valence-corrected chi connectivity index (χ1v) is 10.5. The van der Waals surface area contributed by atoms with E-state index >= 15 is 0 Å². The van der Waals surface area contributed by atoms with Crippen LogP contribution in [0.1, 0.15) is 10.4 Å². The smallest absolute Gasteiger partial charge is 0.307 e. The van der Waals surface area contributed by atoms with Gasteiger partial charge < -0.3 is 5.32 Å². The SMILES string of the molecule is O=C(NNC(=O)c1cccc(S(=O)(=O)Nc2cccc(Cl)c2)c1)Nc1ccccc1. The molecule has 0 saturated carbocycles. The Bertz CT molecular complexity index is 1170. The van der Waals surface area contributed by atoms with Gasteiger partial charge in [-0.25, -0.2) is 18.6 Å². The molecule has 3 aromatic carbocycles.